The van der Waals surface area contributed by atoms with Crippen molar-refractivity contribution in [1.29, 1.82) is 0 Å². The summed E-state index contributed by atoms with van der Waals surface area (Å²) in [7, 11) is -3.11. The topological polar surface area (TPSA) is 49.4 Å². The van der Waals surface area contributed by atoms with Crippen LogP contribution in [0.2, 0.25) is 0 Å². The van der Waals surface area contributed by atoms with Crippen LogP contribution in [0.4, 0.5) is 0 Å². The van der Waals surface area contributed by atoms with Gasteiger partial charge in [0.2, 0.25) is 10.0 Å². The zero-order valence-electron chi connectivity index (χ0n) is 12.5. The highest BCUT2D eigenvalue weighted by Crippen LogP contribution is 2.32. The van der Waals surface area contributed by atoms with Gasteiger partial charge < -0.3 is 5.32 Å². The highest BCUT2D eigenvalue weighted by Gasteiger charge is 2.40. The van der Waals surface area contributed by atoms with E-state index in [1.165, 1.54) is 12.8 Å². The normalized spacial score (nSPS) is 30.7. The maximum absolute atomic E-state index is 12.6. The highest BCUT2D eigenvalue weighted by molar-refractivity contribution is 7.89. The summed E-state index contributed by atoms with van der Waals surface area (Å²) in [6, 6.07) is 0.236. The molecule has 0 bridgehead atoms. The van der Waals surface area contributed by atoms with Gasteiger partial charge in [-0.15, -0.1) is 0 Å². The number of nitrogens with one attached hydrogen (secondary N) is 1. The minimum atomic E-state index is -3.11. The minimum absolute atomic E-state index is 0.170. The van der Waals surface area contributed by atoms with E-state index < -0.39 is 10.0 Å². The molecule has 2 atom stereocenters. The Morgan fingerprint density at radius 3 is 2.53 bits per heavy atom. The number of nitrogens with zero attached hydrogens (tertiary/aromatic N) is 1. The first-order valence-corrected chi connectivity index (χ1v) is 9.11. The van der Waals surface area contributed by atoms with Crippen molar-refractivity contribution < 1.29 is 8.42 Å². The Morgan fingerprint density at radius 1 is 1.21 bits per heavy atom. The van der Waals surface area contributed by atoms with E-state index in [0.29, 0.717) is 5.92 Å². The quantitative estimate of drug-likeness (QED) is 0.862. The van der Waals surface area contributed by atoms with Gasteiger partial charge in [0.1, 0.15) is 0 Å². The van der Waals surface area contributed by atoms with Crippen LogP contribution in [0.15, 0.2) is 0 Å². The van der Waals surface area contributed by atoms with E-state index in [9.17, 15) is 8.42 Å². The van der Waals surface area contributed by atoms with E-state index in [1.54, 1.807) is 0 Å². The molecular weight excluding hydrogens is 260 g/mol. The van der Waals surface area contributed by atoms with Crippen LogP contribution in [0.3, 0.4) is 0 Å². The van der Waals surface area contributed by atoms with Crippen LogP contribution in [0, 0.1) is 11.3 Å². The molecule has 2 unspecified atom stereocenters. The second-order valence-corrected chi connectivity index (χ2v) is 9.17. The van der Waals surface area contributed by atoms with Gasteiger partial charge in [0, 0.05) is 12.6 Å². The molecule has 2 fully saturated rings. The second-order valence-electron chi connectivity index (χ2n) is 7.24. The molecule has 2 aliphatic heterocycles. The monoisotopic (exact) mass is 288 g/mol. The third-order valence-corrected chi connectivity index (χ3v) is 6.50. The van der Waals surface area contributed by atoms with Crippen molar-refractivity contribution in [2.75, 3.05) is 25.4 Å². The number of hydrogen-bond acceptors (Lipinski definition) is 3. The Kier molecular flexibility index (Phi) is 4.58. The average molecular weight is 288 g/mol. The zero-order chi connectivity index (χ0) is 14.1. The van der Waals surface area contributed by atoms with Crippen molar-refractivity contribution in [3.8, 4) is 0 Å². The number of rotatable bonds is 3. The largest absolute Gasteiger partial charge is 0.316 e. The summed E-state index contributed by atoms with van der Waals surface area (Å²) in [5.41, 5.74) is -0.170. The zero-order valence-corrected chi connectivity index (χ0v) is 13.3. The third kappa shape index (κ3) is 3.92. The fourth-order valence-electron chi connectivity index (χ4n) is 3.42. The van der Waals surface area contributed by atoms with Gasteiger partial charge in [-0.2, -0.15) is 4.31 Å². The fourth-order valence-corrected chi connectivity index (χ4v) is 5.78. The molecule has 0 aromatic rings. The van der Waals surface area contributed by atoms with Crippen LogP contribution in [0.1, 0.15) is 46.5 Å². The van der Waals surface area contributed by atoms with E-state index in [0.717, 1.165) is 32.5 Å². The van der Waals surface area contributed by atoms with Crippen LogP contribution in [-0.4, -0.2) is 44.2 Å². The lowest BCUT2D eigenvalue weighted by molar-refractivity contribution is 0.237. The van der Waals surface area contributed by atoms with E-state index in [2.05, 4.69) is 5.32 Å². The highest BCUT2D eigenvalue weighted by atomic mass is 32.2. The lowest BCUT2D eigenvalue weighted by Crippen LogP contribution is -2.47. The molecule has 0 amide bonds. The van der Waals surface area contributed by atoms with Gasteiger partial charge in [0.05, 0.1) is 5.75 Å². The molecule has 112 valence electrons. The van der Waals surface area contributed by atoms with Gasteiger partial charge in [0.25, 0.3) is 0 Å². The first-order chi connectivity index (χ1) is 8.80. The van der Waals surface area contributed by atoms with E-state index in [4.69, 9.17) is 0 Å². The summed E-state index contributed by atoms with van der Waals surface area (Å²) in [5.74, 6) is 0.766. The SMILES string of the molecule is CC(C)(C)CS(=O)(=O)N1CCCC1C1CCCNC1. The molecule has 2 saturated heterocycles. The van der Waals surface area contributed by atoms with Gasteiger partial charge in [0.15, 0.2) is 0 Å². The van der Waals surface area contributed by atoms with Crippen LogP contribution >= 0.6 is 0 Å². The Morgan fingerprint density at radius 2 is 1.95 bits per heavy atom. The fraction of sp³-hybridized carbons (Fsp3) is 1.00. The first-order valence-electron chi connectivity index (χ1n) is 7.50. The molecule has 2 rings (SSSR count). The summed E-state index contributed by atoms with van der Waals surface area (Å²) in [6.07, 6.45) is 4.40. The third-order valence-electron chi connectivity index (χ3n) is 4.10. The van der Waals surface area contributed by atoms with Crippen molar-refractivity contribution in [2.45, 2.75) is 52.5 Å². The van der Waals surface area contributed by atoms with Crippen molar-refractivity contribution >= 4 is 10.0 Å². The molecule has 0 spiro atoms. The Labute approximate surface area is 118 Å². The van der Waals surface area contributed by atoms with Gasteiger partial charge in [-0.05, 0) is 50.1 Å². The van der Waals surface area contributed by atoms with Crippen LogP contribution in [0.25, 0.3) is 0 Å². The molecule has 0 radical (unpaired) electrons. The molecular formula is C14H28N2O2S. The lowest BCUT2D eigenvalue weighted by atomic mass is 9.91. The van der Waals surface area contributed by atoms with Gasteiger partial charge in [-0.25, -0.2) is 8.42 Å². The number of piperidine rings is 1. The molecule has 0 aromatic heterocycles. The van der Waals surface area contributed by atoms with Crippen molar-refractivity contribution in [2.24, 2.45) is 11.3 Å². The summed E-state index contributed by atoms with van der Waals surface area (Å²) in [5, 5.41) is 3.41. The molecule has 19 heavy (non-hydrogen) atoms. The summed E-state index contributed by atoms with van der Waals surface area (Å²) < 4.78 is 27.0. The number of hydrogen-bond donors (Lipinski definition) is 1. The standard InChI is InChI=1S/C14H28N2O2S/c1-14(2,3)11-19(17,18)16-9-5-7-13(16)12-6-4-8-15-10-12/h12-13,15H,4-11H2,1-3H3. The van der Waals surface area contributed by atoms with E-state index >= 15 is 0 Å². The molecule has 0 aliphatic carbocycles. The average Bonchev–Trinajstić information content (AvgIpc) is 2.76. The van der Waals surface area contributed by atoms with E-state index in [1.807, 2.05) is 25.1 Å². The Hall–Kier alpha value is -0.130. The first kappa shape index (κ1) is 15.3. The Balaban J connectivity index is 2.09. The molecule has 0 aromatic carbocycles. The smallest absolute Gasteiger partial charge is 0.214 e. The summed E-state index contributed by atoms with van der Waals surface area (Å²) in [4.78, 5) is 0. The Bertz CT molecular complexity index is 394. The molecule has 1 N–H and O–H groups in total. The number of sulfonamides is 1. The van der Waals surface area contributed by atoms with Crippen molar-refractivity contribution in [3.63, 3.8) is 0 Å². The van der Waals surface area contributed by atoms with E-state index in [-0.39, 0.29) is 17.2 Å². The van der Waals surface area contributed by atoms with Gasteiger partial charge >= 0.3 is 0 Å². The maximum atomic E-state index is 12.6. The summed E-state index contributed by atoms with van der Waals surface area (Å²) in [6.45, 7) is 8.77. The molecule has 5 heteroatoms. The van der Waals surface area contributed by atoms with Crippen LogP contribution in [-0.2, 0) is 10.0 Å². The minimum Gasteiger partial charge on any atom is -0.316 e. The molecule has 2 aliphatic rings. The molecule has 0 saturated carbocycles. The molecule has 4 nitrogen and oxygen atoms in total. The summed E-state index contributed by atoms with van der Waals surface area (Å²) >= 11 is 0. The van der Waals surface area contributed by atoms with Gasteiger partial charge in [-0.3, -0.25) is 0 Å². The predicted octanol–water partition coefficient (Wildman–Crippen LogP) is 1.83. The van der Waals surface area contributed by atoms with Crippen LogP contribution in [0.5, 0.6) is 0 Å². The maximum Gasteiger partial charge on any atom is 0.214 e. The van der Waals surface area contributed by atoms with Crippen molar-refractivity contribution in [1.82, 2.24) is 9.62 Å². The van der Waals surface area contributed by atoms with Gasteiger partial charge in [-0.1, -0.05) is 20.8 Å². The molecule has 2 heterocycles. The van der Waals surface area contributed by atoms with Crippen molar-refractivity contribution in [3.05, 3.63) is 0 Å². The second kappa shape index (κ2) is 5.70. The predicted molar refractivity (Wildman–Crippen MR) is 78.6 cm³/mol. The van der Waals surface area contributed by atoms with Crippen LogP contribution < -0.4 is 5.32 Å². The lowest BCUT2D eigenvalue weighted by Gasteiger charge is -2.35.